The average molecular weight is 418 g/mol. The Kier molecular flexibility index (Phi) is 5.80. The first-order chi connectivity index (χ1) is 15.3. The number of aromatic nitrogens is 2. The number of rotatable bonds is 5. The Bertz CT molecular complexity index is 1020. The van der Waals surface area contributed by atoms with Crippen molar-refractivity contribution in [2.24, 2.45) is 0 Å². The molecule has 1 fully saturated rings. The van der Waals surface area contributed by atoms with Gasteiger partial charge >= 0.3 is 0 Å². The number of benzene rings is 2. The van der Waals surface area contributed by atoms with Crippen molar-refractivity contribution in [1.82, 2.24) is 14.9 Å². The van der Waals surface area contributed by atoms with Crippen LogP contribution >= 0.6 is 0 Å². The molecule has 5 nitrogen and oxygen atoms in total. The van der Waals surface area contributed by atoms with Gasteiger partial charge in [0, 0.05) is 64.0 Å². The molecule has 3 heterocycles. The zero-order valence-corrected chi connectivity index (χ0v) is 17.8. The van der Waals surface area contributed by atoms with E-state index in [0.29, 0.717) is 5.69 Å². The van der Waals surface area contributed by atoms with Gasteiger partial charge in [-0.2, -0.15) is 0 Å². The van der Waals surface area contributed by atoms with Crippen LogP contribution in [0.3, 0.4) is 0 Å². The van der Waals surface area contributed by atoms with Gasteiger partial charge in [0.15, 0.2) is 0 Å². The molecule has 0 amide bonds. The lowest BCUT2D eigenvalue weighted by atomic mass is 10.1. The predicted octanol–water partition coefficient (Wildman–Crippen LogP) is 3.54. The lowest BCUT2D eigenvalue weighted by Gasteiger charge is -2.36. The predicted molar refractivity (Wildman–Crippen MR) is 122 cm³/mol. The number of hydrogen-bond acceptors (Lipinski definition) is 5. The Morgan fingerprint density at radius 2 is 1.58 bits per heavy atom. The minimum atomic E-state index is -0.155. The highest BCUT2D eigenvalue weighted by atomic mass is 19.1. The van der Waals surface area contributed by atoms with Crippen LogP contribution in [-0.2, 0) is 19.4 Å². The monoisotopic (exact) mass is 417 g/mol. The second-order valence-electron chi connectivity index (χ2n) is 8.33. The van der Waals surface area contributed by atoms with Crippen molar-refractivity contribution in [2.75, 3.05) is 49.1 Å². The summed E-state index contributed by atoms with van der Waals surface area (Å²) in [5, 5.41) is 0. The third kappa shape index (κ3) is 4.54. The number of hydrogen-bond donors (Lipinski definition) is 0. The van der Waals surface area contributed by atoms with E-state index in [1.807, 2.05) is 18.3 Å². The summed E-state index contributed by atoms with van der Waals surface area (Å²) in [6.45, 7) is 6.17. The molecule has 1 aromatic heterocycles. The van der Waals surface area contributed by atoms with Crippen molar-refractivity contribution in [2.45, 2.75) is 19.4 Å². The quantitative estimate of drug-likeness (QED) is 0.635. The van der Waals surface area contributed by atoms with Crippen LogP contribution < -0.4 is 9.80 Å². The molecule has 160 valence electrons. The van der Waals surface area contributed by atoms with E-state index in [-0.39, 0.29) is 5.82 Å². The fraction of sp³-hybridized carbons (Fsp3) is 0.360. The minimum Gasteiger partial charge on any atom is -0.366 e. The van der Waals surface area contributed by atoms with Gasteiger partial charge in [-0.1, -0.05) is 42.5 Å². The fourth-order valence-corrected chi connectivity index (χ4v) is 4.49. The summed E-state index contributed by atoms with van der Waals surface area (Å²) in [4.78, 5) is 16.4. The Hall–Kier alpha value is -2.99. The van der Waals surface area contributed by atoms with Gasteiger partial charge in [0.05, 0.1) is 11.4 Å². The molecule has 0 N–H and O–H groups in total. The molecule has 6 heteroatoms. The van der Waals surface area contributed by atoms with Crippen molar-refractivity contribution in [1.29, 1.82) is 0 Å². The van der Waals surface area contributed by atoms with Crippen molar-refractivity contribution >= 4 is 11.6 Å². The molecule has 0 aliphatic carbocycles. The molecule has 2 aliphatic heterocycles. The third-order valence-electron chi connectivity index (χ3n) is 6.32. The molecule has 0 unspecified atom stereocenters. The molecule has 0 spiro atoms. The second-order valence-corrected chi connectivity index (χ2v) is 8.33. The molecule has 2 aromatic carbocycles. The summed E-state index contributed by atoms with van der Waals surface area (Å²) in [6, 6.07) is 17.7. The summed E-state index contributed by atoms with van der Waals surface area (Å²) >= 11 is 0. The maximum atomic E-state index is 14.1. The fourth-order valence-electron chi connectivity index (χ4n) is 4.49. The first-order valence-electron chi connectivity index (χ1n) is 11.1. The number of para-hydroxylation sites is 1. The second kappa shape index (κ2) is 9.02. The standard InChI is InChI=1S/C25H28FN5/c26-22-8-4-5-9-24(22)30-14-16-31(17-15-30)25-27-18-21-19-29(13-11-23(21)28-25)12-10-20-6-2-1-3-7-20/h1-9,18H,10-17,19H2. The number of halogens is 1. The zero-order chi connectivity index (χ0) is 21.0. The van der Waals surface area contributed by atoms with E-state index in [1.165, 1.54) is 22.9 Å². The molecule has 5 rings (SSSR count). The first-order valence-corrected chi connectivity index (χ1v) is 11.1. The SMILES string of the molecule is Fc1ccccc1N1CCN(c2ncc3c(n2)CCN(CCc2ccccc2)C3)CC1. The largest absolute Gasteiger partial charge is 0.366 e. The van der Waals surface area contributed by atoms with E-state index in [9.17, 15) is 4.39 Å². The van der Waals surface area contributed by atoms with E-state index in [4.69, 9.17) is 4.98 Å². The van der Waals surface area contributed by atoms with Gasteiger partial charge in [0.25, 0.3) is 0 Å². The van der Waals surface area contributed by atoms with Gasteiger partial charge in [-0.25, -0.2) is 14.4 Å². The average Bonchev–Trinajstić information content (AvgIpc) is 2.83. The molecule has 1 saturated heterocycles. The molecule has 0 bridgehead atoms. The number of anilines is 2. The Morgan fingerprint density at radius 1 is 0.839 bits per heavy atom. The van der Waals surface area contributed by atoms with E-state index in [1.54, 1.807) is 6.07 Å². The van der Waals surface area contributed by atoms with Crippen LogP contribution in [0, 0.1) is 5.82 Å². The van der Waals surface area contributed by atoms with Crippen LogP contribution in [0.5, 0.6) is 0 Å². The van der Waals surface area contributed by atoms with Gasteiger partial charge in [-0.15, -0.1) is 0 Å². The van der Waals surface area contributed by atoms with E-state index >= 15 is 0 Å². The molecule has 31 heavy (non-hydrogen) atoms. The maximum Gasteiger partial charge on any atom is 0.225 e. The van der Waals surface area contributed by atoms with Gasteiger partial charge < -0.3 is 9.80 Å². The van der Waals surface area contributed by atoms with Crippen molar-refractivity contribution < 1.29 is 4.39 Å². The Morgan fingerprint density at radius 3 is 2.39 bits per heavy atom. The molecule has 0 saturated carbocycles. The molecular formula is C25H28FN5. The van der Waals surface area contributed by atoms with Crippen LogP contribution in [0.25, 0.3) is 0 Å². The van der Waals surface area contributed by atoms with Crippen molar-refractivity contribution in [3.8, 4) is 0 Å². The highest BCUT2D eigenvalue weighted by molar-refractivity contribution is 5.49. The molecular weight excluding hydrogens is 389 g/mol. The summed E-state index contributed by atoms with van der Waals surface area (Å²) in [6.07, 6.45) is 4.05. The molecule has 2 aliphatic rings. The normalized spacial score (nSPS) is 16.9. The van der Waals surface area contributed by atoms with Crippen LogP contribution in [0.4, 0.5) is 16.0 Å². The van der Waals surface area contributed by atoms with Gasteiger partial charge in [-0.3, -0.25) is 4.90 Å². The highest BCUT2D eigenvalue weighted by Crippen LogP contribution is 2.23. The summed E-state index contributed by atoms with van der Waals surface area (Å²) < 4.78 is 14.1. The summed E-state index contributed by atoms with van der Waals surface area (Å²) in [5.74, 6) is 0.655. The van der Waals surface area contributed by atoms with Crippen LogP contribution in [0.15, 0.2) is 60.8 Å². The number of piperazine rings is 1. The van der Waals surface area contributed by atoms with E-state index < -0.39 is 0 Å². The molecule has 0 atom stereocenters. The van der Waals surface area contributed by atoms with Crippen LogP contribution in [0.2, 0.25) is 0 Å². The molecule has 0 radical (unpaired) electrons. The van der Waals surface area contributed by atoms with Gasteiger partial charge in [0.1, 0.15) is 5.82 Å². The lowest BCUT2D eigenvalue weighted by molar-refractivity contribution is 0.254. The number of fused-ring (bicyclic) bond motifs is 1. The lowest BCUT2D eigenvalue weighted by Crippen LogP contribution is -2.47. The highest BCUT2D eigenvalue weighted by Gasteiger charge is 2.23. The topological polar surface area (TPSA) is 35.5 Å². The smallest absolute Gasteiger partial charge is 0.225 e. The van der Waals surface area contributed by atoms with Crippen LogP contribution in [0.1, 0.15) is 16.8 Å². The van der Waals surface area contributed by atoms with Gasteiger partial charge in [0.2, 0.25) is 5.95 Å². The number of nitrogens with zero attached hydrogens (tertiary/aromatic N) is 5. The van der Waals surface area contributed by atoms with E-state index in [0.717, 1.165) is 64.6 Å². The Balaban J connectivity index is 1.18. The minimum absolute atomic E-state index is 0.155. The third-order valence-corrected chi connectivity index (χ3v) is 6.32. The summed E-state index contributed by atoms with van der Waals surface area (Å²) in [7, 11) is 0. The summed E-state index contributed by atoms with van der Waals surface area (Å²) in [5.41, 5.74) is 4.49. The first kappa shape index (κ1) is 19.9. The van der Waals surface area contributed by atoms with E-state index in [2.05, 4.69) is 50.0 Å². The zero-order valence-electron chi connectivity index (χ0n) is 17.8. The van der Waals surface area contributed by atoms with Crippen molar-refractivity contribution in [3.05, 3.63) is 83.4 Å². The Labute approximate surface area is 183 Å². The maximum absolute atomic E-state index is 14.1. The molecule has 3 aromatic rings. The van der Waals surface area contributed by atoms with Crippen molar-refractivity contribution in [3.63, 3.8) is 0 Å². The van der Waals surface area contributed by atoms with Gasteiger partial charge in [-0.05, 0) is 24.1 Å². The van der Waals surface area contributed by atoms with Crippen LogP contribution in [-0.4, -0.2) is 54.1 Å².